The molecule has 1 aliphatic rings. The molecule has 22 heavy (non-hydrogen) atoms. The number of carbonyl (C=O) groups excluding carboxylic acids is 1. The maximum atomic E-state index is 12.6. The molecule has 1 aliphatic carbocycles. The lowest BCUT2D eigenvalue weighted by atomic mass is 9.51. The predicted octanol–water partition coefficient (Wildman–Crippen LogP) is 5.83. The summed E-state index contributed by atoms with van der Waals surface area (Å²) >= 11 is 0. The lowest BCUT2D eigenvalue weighted by Crippen LogP contribution is -2.45. The highest BCUT2D eigenvalue weighted by Gasteiger charge is 2.48. The van der Waals surface area contributed by atoms with E-state index >= 15 is 0 Å². The van der Waals surface area contributed by atoms with E-state index in [1.807, 2.05) is 36.4 Å². The van der Waals surface area contributed by atoms with Crippen molar-refractivity contribution < 1.29 is 4.79 Å². The van der Waals surface area contributed by atoms with E-state index in [4.69, 9.17) is 0 Å². The molecule has 0 saturated carbocycles. The van der Waals surface area contributed by atoms with E-state index in [9.17, 15) is 4.79 Å². The summed E-state index contributed by atoms with van der Waals surface area (Å²) in [5, 5.41) is 0. The molecule has 0 aliphatic heterocycles. The molecule has 1 nitrogen and oxygen atoms in total. The fraction of sp³-hybridized carbons (Fsp3) is 0.476. The summed E-state index contributed by atoms with van der Waals surface area (Å²) in [5.41, 5.74) is 1.91. The lowest BCUT2D eigenvalue weighted by molar-refractivity contribution is 0.0187. The van der Waals surface area contributed by atoms with Gasteiger partial charge < -0.3 is 0 Å². The number of hydrogen-bond acceptors (Lipinski definition) is 1. The Bertz CT molecular complexity index is 590. The summed E-state index contributed by atoms with van der Waals surface area (Å²) in [5.74, 6) is 0.119. The molecule has 118 valence electrons. The van der Waals surface area contributed by atoms with Crippen LogP contribution in [-0.2, 0) is 0 Å². The zero-order valence-electron chi connectivity index (χ0n) is 14.7. The molecule has 0 bridgehead atoms. The highest BCUT2D eigenvalue weighted by atomic mass is 16.1. The van der Waals surface area contributed by atoms with Crippen molar-refractivity contribution >= 4 is 5.78 Å². The summed E-state index contributed by atoms with van der Waals surface area (Å²) in [6, 6.07) is 9.52. The molecule has 1 heteroatoms. The van der Waals surface area contributed by atoms with Gasteiger partial charge in [0.05, 0.1) is 0 Å². The second-order valence-electron chi connectivity index (χ2n) is 8.36. The second kappa shape index (κ2) is 5.53. The average molecular weight is 296 g/mol. The van der Waals surface area contributed by atoms with Gasteiger partial charge in [-0.25, -0.2) is 0 Å². The number of carbonyl (C=O) groups is 1. The van der Waals surface area contributed by atoms with Crippen LogP contribution in [0.5, 0.6) is 0 Å². The van der Waals surface area contributed by atoms with Crippen LogP contribution in [-0.4, -0.2) is 5.78 Å². The predicted molar refractivity (Wildman–Crippen MR) is 94.0 cm³/mol. The third-order valence-electron chi connectivity index (χ3n) is 5.17. The third kappa shape index (κ3) is 2.82. The lowest BCUT2D eigenvalue weighted by Gasteiger charge is -2.53. The van der Waals surface area contributed by atoms with E-state index in [-0.39, 0.29) is 22.0 Å². The van der Waals surface area contributed by atoms with Crippen molar-refractivity contribution in [2.75, 3.05) is 0 Å². The topological polar surface area (TPSA) is 17.1 Å². The highest BCUT2D eigenvalue weighted by molar-refractivity contribution is 6.10. The largest absolute Gasteiger partial charge is 0.289 e. The summed E-state index contributed by atoms with van der Waals surface area (Å²) in [4.78, 5) is 12.6. The molecule has 0 atom stereocenters. The molecular weight excluding hydrogens is 268 g/mol. The molecule has 0 spiro atoms. The van der Waals surface area contributed by atoms with Crippen LogP contribution in [0.15, 0.2) is 54.1 Å². The van der Waals surface area contributed by atoms with Crippen molar-refractivity contribution in [2.45, 2.75) is 48.0 Å². The van der Waals surface area contributed by atoms with Crippen LogP contribution in [0.4, 0.5) is 0 Å². The first-order valence-electron chi connectivity index (χ1n) is 8.08. The van der Waals surface area contributed by atoms with Crippen LogP contribution in [0, 0.1) is 16.2 Å². The van der Waals surface area contributed by atoms with Crippen molar-refractivity contribution in [3.05, 3.63) is 59.7 Å². The minimum atomic E-state index is 0.0560. The van der Waals surface area contributed by atoms with Crippen LogP contribution in [0.3, 0.4) is 0 Å². The van der Waals surface area contributed by atoms with Crippen molar-refractivity contribution in [2.24, 2.45) is 16.2 Å². The Morgan fingerprint density at radius 2 is 1.50 bits per heavy atom. The normalized spacial score (nSPS) is 18.0. The molecule has 1 aromatic rings. The Kier molecular flexibility index (Phi) is 4.21. The Labute approximate surface area is 135 Å². The van der Waals surface area contributed by atoms with Crippen molar-refractivity contribution in [1.29, 1.82) is 0 Å². The summed E-state index contributed by atoms with van der Waals surface area (Å²) < 4.78 is 0. The van der Waals surface area contributed by atoms with E-state index in [0.717, 1.165) is 17.6 Å². The molecule has 0 fully saturated rings. The Morgan fingerprint density at radius 1 is 0.955 bits per heavy atom. The Balaban J connectivity index is 2.33. The molecular formula is C21H28O. The summed E-state index contributed by atoms with van der Waals surface area (Å²) in [6.45, 7) is 13.8. The van der Waals surface area contributed by atoms with Gasteiger partial charge in [0.15, 0.2) is 5.78 Å². The first-order valence-corrected chi connectivity index (χ1v) is 8.08. The Hall–Kier alpha value is -1.63. The third-order valence-corrected chi connectivity index (χ3v) is 5.17. The minimum Gasteiger partial charge on any atom is -0.289 e. The fourth-order valence-electron chi connectivity index (χ4n) is 3.80. The van der Waals surface area contributed by atoms with Crippen molar-refractivity contribution in [3.63, 3.8) is 0 Å². The average Bonchev–Trinajstić information content (AvgIpc) is 2.45. The van der Waals surface area contributed by atoms with Crippen LogP contribution in [0.2, 0.25) is 0 Å². The molecule has 0 amide bonds. The number of hydrogen-bond donors (Lipinski definition) is 0. The van der Waals surface area contributed by atoms with Gasteiger partial charge in [-0.3, -0.25) is 4.79 Å². The van der Waals surface area contributed by atoms with Gasteiger partial charge in [0.2, 0.25) is 0 Å². The first kappa shape index (κ1) is 16.7. The number of allylic oxidation sites excluding steroid dienone is 4. The van der Waals surface area contributed by atoms with Gasteiger partial charge in [0.25, 0.3) is 0 Å². The van der Waals surface area contributed by atoms with E-state index in [1.165, 1.54) is 0 Å². The quantitative estimate of drug-likeness (QED) is 0.627. The van der Waals surface area contributed by atoms with E-state index in [1.54, 1.807) is 0 Å². The minimum absolute atomic E-state index is 0.0560. The smallest absolute Gasteiger partial charge is 0.192 e. The summed E-state index contributed by atoms with van der Waals surface area (Å²) in [7, 11) is 0. The van der Waals surface area contributed by atoms with Gasteiger partial charge in [-0.05, 0) is 17.3 Å². The van der Waals surface area contributed by atoms with Gasteiger partial charge in [0, 0.05) is 16.6 Å². The molecule has 2 rings (SSSR count). The van der Waals surface area contributed by atoms with Gasteiger partial charge in [-0.1, -0.05) is 90.1 Å². The van der Waals surface area contributed by atoms with Gasteiger partial charge in [-0.15, -0.1) is 0 Å². The van der Waals surface area contributed by atoms with Gasteiger partial charge in [0.1, 0.15) is 0 Å². The SMILES string of the molecule is CC(C)(C)C1(C(C)(C)C)C=CC(C(=O)c2ccccc2)=CC1. The van der Waals surface area contributed by atoms with E-state index < -0.39 is 0 Å². The van der Waals surface area contributed by atoms with Crippen LogP contribution in [0.25, 0.3) is 0 Å². The van der Waals surface area contributed by atoms with E-state index in [0.29, 0.717) is 0 Å². The zero-order valence-corrected chi connectivity index (χ0v) is 14.7. The van der Waals surface area contributed by atoms with Crippen molar-refractivity contribution in [3.8, 4) is 0 Å². The number of benzene rings is 1. The van der Waals surface area contributed by atoms with E-state index in [2.05, 4.69) is 53.7 Å². The van der Waals surface area contributed by atoms with Crippen molar-refractivity contribution in [1.82, 2.24) is 0 Å². The Morgan fingerprint density at radius 3 is 1.91 bits per heavy atom. The standard InChI is InChI=1S/C21H28O/c1-19(2,3)21(20(4,5)6)14-12-17(13-15-21)18(22)16-10-8-7-9-11-16/h7-14H,15H2,1-6H3. The molecule has 0 heterocycles. The molecule has 0 unspecified atom stereocenters. The zero-order chi connectivity index (χ0) is 16.6. The molecule has 0 N–H and O–H groups in total. The molecule has 1 aromatic carbocycles. The second-order valence-corrected chi connectivity index (χ2v) is 8.36. The summed E-state index contributed by atoms with van der Waals surface area (Å²) in [6.07, 6.45) is 7.36. The van der Waals surface area contributed by atoms with Crippen LogP contribution in [0.1, 0.15) is 58.3 Å². The van der Waals surface area contributed by atoms with Gasteiger partial charge >= 0.3 is 0 Å². The van der Waals surface area contributed by atoms with Crippen LogP contribution < -0.4 is 0 Å². The monoisotopic (exact) mass is 296 g/mol. The molecule has 0 aromatic heterocycles. The fourth-order valence-corrected chi connectivity index (χ4v) is 3.80. The molecule has 0 radical (unpaired) electrons. The number of rotatable bonds is 2. The number of Topliss-reactive ketones (excluding diaryl/α,β-unsaturated/α-hetero) is 1. The molecule has 0 saturated heterocycles. The number of ketones is 1. The van der Waals surface area contributed by atoms with Gasteiger partial charge in [-0.2, -0.15) is 0 Å². The van der Waals surface area contributed by atoms with Crippen LogP contribution >= 0.6 is 0 Å². The maximum absolute atomic E-state index is 12.6. The maximum Gasteiger partial charge on any atom is 0.192 e. The highest BCUT2D eigenvalue weighted by Crippen LogP contribution is 2.56. The first-order chi connectivity index (χ1) is 10.1.